The molecule has 0 aromatic heterocycles. The van der Waals surface area contributed by atoms with Gasteiger partial charge in [0.2, 0.25) is 0 Å². The minimum Gasteiger partial charge on any atom is -0.481 e. The van der Waals surface area contributed by atoms with Gasteiger partial charge in [-0.15, -0.1) is 0 Å². The Morgan fingerprint density at radius 2 is 1.78 bits per heavy atom. The third-order valence-electron chi connectivity index (χ3n) is 8.54. The number of ether oxygens (including phenoxy) is 1. The van der Waals surface area contributed by atoms with E-state index >= 15 is 0 Å². The summed E-state index contributed by atoms with van der Waals surface area (Å²) in [7, 11) is 0. The van der Waals surface area contributed by atoms with Gasteiger partial charge in [-0.1, -0.05) is 69.4 Å². The van der Waals surface area contributed by atoms with E-state index in [0.717, 1.165) is 32.1 Å². The molecule has 2 aliphatic carbocycles. The molecule has 0 aliphatic heterocycles. The number of carbonyl (C=O) groups excluding carboxylic acids is 1. The number of esters is 1. The Balaban J connectivity index is 1.60. The monoisotopic (exact) mass is 504 g/mol. The van der Waals surface area contributed by atoms with Crippen LogP contribution in [0.5, 0.6) is 0 Å². The lowest BCUT2D eigenvalue weighted by molar-refractivity contribution is -0.183. The number of carbonyl (C=O) groups is 2. The number of aryl methyl sites for hydroxylation is 1. The fraction of sp³-hybridized carbons (Fsp3) is 0.724. The van der Waals surface area contributed by atoms with E-state index in [1.165, 1.54) is 5.56 Å². The first kappa shape index (κ1) is 28.6. The summed E-state index contributed by atoms with van der Waals surface area (Å²) in [5, 5.41) is 42.8. The molecule has 0 radical (unpaired) electrons. The summed E-state index contributed by atoms with van der Waals surface area (Å²) < 4.78 is 5.64. The van der Waals surface area contributed by atoms with Crippen LogP contribution in [0.25, 0.3) is 0 Å². The molecular formula is C29H44O7. The Hall–Kier alpha value is -1.96. The number of fused-ring (bicyclic) bond motifs is 2. The van der Waals surface area contributed by atoms with Crippen molar-refractivity contribution in [2.75, 3.05) is 0 Å². The van der Waals surface area contributed by atoms with E-state index in [-0.39, 0.29) is 19.3 Å². The molecule has 0 heterocycles. The molecule has 2 aliphatic rings. The number of aliphatic carboxylic acids is 1. The summed E-state index contributed by atoms with van der Waals surface area (Å²) in [5.41, 5.74) is -1.27. The molecule has 0 amide bonds. The van der Waals surface area contributed by atoms with E-state index in [9.17, 15) is 30.0 Å². The van der Waals surface area contributed by atoms with Gasteiger partial charge in [-0.2, -0.15) is 0 Å². The van der Waals surface area contributed by atoms with Crippen molar-refractivity contribution in [3.8, 4) is 0 Å². The highest BCUT2D eigenvalue weighted by Gasteiger charge is 2.71. The first-order valence-corrected chi connectivity index (χ1v) is 13.8. The van der Waals surface area contributed by atoms with Gasteiger partial charge in [-0.05, 0) is 56.9 Å². The Morgan fingerprint density at radius 3 is 2.47 bits per heavy atom. The number of hydrogen-bond donors (Lipinski definition) is 4. The number of carboxylic acids is 1. The smallest absolute Gasteiger partial charge is 0.316 e. The molecule has 6 atom stereocenters. The molecule has 1 aromatic rings. The Bertz CT molecular complexity index is 843. The van der Waals surface area contributed by atoms with Crippen molar-refractivity contribution in [2.45, 2.75) is 121 Å². The minimum absolute atomic E-state index is 0.0756. The molecule has 7 heteroatoms. The summed E-state index contributed by atoms with van der Waals surface area (Å²) in [4.78, 5) is 25.0. The maximum Gasteiger partial charge on any atom is 0.316 e. The number of benzene rings is 1. The molecule has 1 aromatic carbocycles. The van der Waals surface area contributed by atoms with Crippen LogP contribution < -0.4 is 0 Å². The molecule has 202 valence electrons. The predicted octanol–water partition coefficient (Wildman–Crippen LogP) is 4.40. The molecule has 7 nitrogen and oxygen atoms in total. The number of aliphatic hydroxyl groups excluding tert-OH is 3. The quantitative estimate of drug-likeness (QED) is 0.206. The van der Waals surface area contributed by atoms with Gasteiger partial charge in [0.05, 0.1) is 18.3 Å². The summed E-state index contributed by atoms with van der Waals surface area (Å²) in [6.07, 6.45) is 4.78. The zero-order valence-electron chi connectivity index (χ0n) is 21.6. The molecule has 0 saturated heterocycles. The van der Waals surface area contributed by atoms with Gasteiger partial charge in [-0.3, -0.25) is 9.59 Å². The van der Waals surface area contributed by atoms with Gasteiger partial charge in [0.1, 0.15) is 11.5 Å². The van der Waals surface area contributed by atoms with Crippen LogP contribution in [0.1, 0.15) is 96.0 Å². The van der Waals surface area contributed by atoms with E-state index in [2.05, 4.69) is 6.92 Å². The van der Waals surface area contributed by atoms with Crippen LogP contribution in [-0.2, 0) is 20.7 Å². The molecule has 36 heavy (non-hydrogen) atoms. The summed E-state index contributed by atoms with van der Waals surface area (Å²) in [5.74, 6) is -1.73. The third kappa shape index (κ3) is 6.48. The zero-order valence-corrected chi connectivity index (χ0v) is 21.6. The first-order chi connectivity index (χ1) is 17.2. The molecule has 0 spiro atoms. The SMILES string of the molecule is CCCCCCCC(=O)O[C@@H]1[C@H](O)C2(CCCC(O)CCc3ccccc3)CCC(O)C1(C(=O)O)C2. The van der Waals surface area contributed by atoms with E-state index in [4.69, 9.17) is 4.74 Å². The van der Waals surface area contributed by atoms with Gasteiger partial charge >= 0.3 is 11.9 Å². The van der Waals surface area contributed by atoms with Crippen LogP contribution in [0.15, 0.2) is 30.3 Å². The van der Waals surface area contributed by atoms with Crippen molar-refractivity contribution in [2.24, 2.45) is 10.8 Å². The molecule has 4 unspecified atom stereocenters. The van der Waals surface area contributed by atoms with Crippen molar-refractivity contribution in [3.63, 3.8) is 0 Å². The van der Waals surface area contributed by atoms with Gasteiger partial charge in [0.15, 0.2) is 0 Å². The van der Waals surface area contributed by atoms with Crippen LogP contribution in [0.4, 0.5) is 0 Å². The number of aliphatic hydroxyl groups is 3. The van der Waals surface area contributed by atoms with Gasteiger partial charge in [0.25, 0.3) is 0 Å². The fourth-order valence-electron chi connectivity index (χ4n) is 6.37. The topological polar surface area (TPSA) is 124 Å². The summed E-state index contributed by atoms with van der Waals surface area (Å²) in [6, 6.07) is 9.98. The standard InChI is InChI=1S/C29H44O7/c1-2-3-4-5-9-14-24(32)36-26-25(33)28(19-17-23(31)29(26,20-28)27(34)35)18-10-13-22(30)16-15-21-11-7-6-8-12-21/h6-8,11-12,22-23,25-26,30-31,33H,2-5,9-10,13-20H2,1H3,(H,34,35)/t22?,23?,25-,26+,28?,29?/m0/s1. The lowest BCUT2D eigenvalue weighted by Crippen LogP contribution is -2.52. The average Bonchev–Trinajstić information content (AvgIpc) is 3.07. The lowest BCUT2D eigenvalue weighted by Gasteiger charge is -2.40. The van der Waals surface area contributed by atoms with Crippen molar-refractivity contribution in [1.29, 1.82) is 0 Å². The van der Waals surface area contributed by atoms with Crippen molar-refractivity contribution in [1.82, 2.24) is 0 Å². The lowest BCUT2D eigenvalue weighted by atomic mass is 9.65. The molecular weight excluding hydrogens is 460 g/mol. The highest BCUT2D eigenvalue weighted by Crippen LogP contribution is 2.61. The number of carboxylic acid groups (broad SMARTS) is 1. The maximum atomic E-state index is 12.6. The minimum atomic E-state index is -1.69. The Morgan fingerprint density at radius 1 is 1.06 bits per heavy atom. The van der Waals surface area contributed by atoms with E-state index in [1.807, 2.05) is 30.3 Å². The van der Waals surface area contributed by atoms with Crippen LogP contribution in [0.3, 0.4) is 0 Å². The first-order valence-electron chi connectivity index (χ1n) is 13.8. The Kier molecular flexibility index (Phi) is 10.3. The van der Waals surface area contributed by atoms with Crippen LogP contribution in [-0.4, -0.2) is 56.8 Å². The zero-order chi connectivity index (χ0) is 26.2. The second kappa shape index (κ2) is 13.0. The maximum absolute atomic E-state index is 12.6. The second-order valence-corrected chi connectivity index (χ2v) is 11.0. The third-order valence-corrected chi connectivity index (χ3v) is 8.54. The van der Waals surface area contributed by atoms with Crippen molar-refractivity contribution < 1.29 is 34.8 Å². The summed E-state index contributed by atoms with van der Waals surface area (Å²) >= 11 is 0. The fourth-order valence-corrected chi connectivity index (χ4v) is 6.37. The molecule has 2 saturated carbocycles. The number of unbranched alkanes of at least 4 members (excludes halogenated alkanes) is 4. The van der Waals surface area contributed by atoms with Crippen LogP contribution in [0.2, 0.25) is 0 Å². The number of rotatable bonds is 15. The molecule has 3 rings (SSSR count). The van der Waals surface area contributed by atoms with Crippen molar-refractivity contribution in [3.05, 3.63) is 35.9 Å². The normalized spacial score (nSPS) is 30.2. The highest BCUT2D eigenvalue weighted by atomic mass is 16.6. The van der Waals surface area contributed by atoms with E-state index in [1.54, 1.807) is 0 Å². The van der Waals surface area contributed by atoms with Crippen LogP contribution in [0, 0.1) is 10.8 Å². The molecule has 2 fully saturated rings. The second-order valence-electron chi connectivity index (χ2n) is 11.0. The average molecular weight is 505 g/mol. The summed E-state index contributed by atoms with van der Waals surface area (Å²) in [6.45, 7) is 2.12. The van der Waals surface area contributed by atoms with Gasteiger partial charge in [-0.25, -0.2) is 0 Å². The largest absolute Gasteiger partial charge is 0.481 e. The Labute approximate surface area is 214 Å². The van der Waals surface area contributed by atoms with Crippen LogP contribution >= 0.6 is 0 Å². The van der Waals surface area contributed by atoms with Crippen molar-refractivity contribution >= 4 is 11.9 Å². The highest BCUT2D eigenvalue weighted by molar-refractivity contribution is 5.79. The van der Waals surface area contributed by atoms with Gasteiger partial charge in [0, 0.05) is 11.8 Å². The van der Waals surface area contributed by atoms with Gasteiger partial charge < -0.3 is 25.2 Å². The van der Waals surface area contributed by atoms with E-state index < -0.39 is 47.2 Å². The molecule has 4 N–H and O–H groups in total. The molecule has 2 bridgehead atoms. The number of hydrogen-bond acceptors (Lipinski definition) is 6. The predicted molar refractivity (Wildman–Crippen MR) is 136 cm³/mol. The van der Waals surface area contributed by atoms with E-state index in [0.29, 0.717) is 38.5 Å².